The van der Waals surface area contributed by atoms with E-state index in [9.17, 15) is 10.1 Å². The molecule has 0 spiro atoms. The molecule has 0 aliphatic heterocycles. The van der Waals surface area contributed by atoms with Crippen molar-refractivity contribution in [2.45, 2.75) is 13.8 Å². The third kappa shape index (κ3) is 3.54. The number of methoxy groups -OCH3 is 1. The zero-order valence-electron chi connectivity index (χ0n) is 12.8. The van der Waals surface area contributed by atoms with Crippen molar-refractivity contribution in [3.8, 4) is 11.5 Å². The lowest BCUT2D eigenvalue weighted by Crippen LogP contribution is -2.01. The third-order valence-electron chi connectivity index (χ3n) is 2.89. The average Bonchev–Trinajstić information content (AvgIpc) is 2.83. The van der Waals surface area contributed by atoms with E-state index in [-0.39, 0.29) is 17.2 Å². The summed E-state index contributed by atoms with van der Waals surface area (Å²) in [6, 6.07) is 2.96. The van der Waals surface area contributed by atoms with Gasteiger partial charge in [0, 0.05) is 11.6 Å². The Kier molecular flexibility index (Phi) is 5.06. The highest BCUT2D eigenvalue weighted by atomic mass is 32.1. The Labute approximate surface area is 136 Å². The fourth-order valence-electron chi connectivity index (χ4n) is 1.92. The van der Waals surface area contributed by atoms with E-state index in [1.54, 1.807) is 19.9 Å². The highest BCUT2D eigenvalue weighted by molar-refractivity contribution is 7.71. The van der Waals surface area contributed by atoms with Crippen molar-refractivity contribution < 1.29 is 14.4 Å². The molecule has 1 N–H and O–H groups in total. The Morgan fingerprint density at radius 3 is 2.83 bits per heavy atom. The lowest BCUT2D eigenvalue weighted by Gasteiger charge is -2.10. The molecule has 10 heteroatoms. The normalized spacial score (nSPS) is 10.9. The second kappa shape index (κ2) is 7.01. The number of aryl methyl sites for hydroxylation is 1. The summed E-state index contributed by atoms with van der Waals surface area (Å²) in [5.74, 6) is 0.919. The number of H-pyrrole nitrogens is 1. The Morgan fingerprint density at radius 2 is 2.30 bits per heavy atom. The standard InChI is InChI=1S/C13H15N5O4S/c1-4-22-11-6-9(5-10(18(19)20)12(11)21-3)7-14-17-8(2)15-16-13(17)23/h5-7H,4H2,1-3H3,(H,16,23)/b14-7-. The minimum Gasteiger partial charge on any atom is -0.490 e. The number of nitrogens with one attached hydrogen (secondary N) is 1. The van der Waals surface area contributed by atoms with Gasteiger partial charge in [-0.3, -0.25) is 15.2 Å². The highest BCUT2D eigenvalue weighted by Gasteiger charge is 2.21. The molecule has 0 bridgehead atoms. The minimum atomic E-state index is -0.534. The molecule has 122 valence electrons. The molecule has 0 aliphatic rings. The van der Waals surface area contributed by atoms with E-state index in [4.69, 9.17) is 21.7 Å². The molecule has 1 aromatic carbocycles. The van der Waals surface area contributed by atoms with Gasteiger partial charge in [0.15, 0.2) is 5.75 Å². The average molecular weight is 337 g/mol. The van der Waals surface area contributed by atoms with E-state index in [0.29, 0.717) is 22.8 Å². The van der Waals surface area contributed by atoms with Gasteiger partial charge in [0.05, 0.1) is 24.9 Å². The lowest BCUT2D eigenvalue weighted by atomic mass is 10.2. The third-order valence-corrected chi connectivity index (χ3v) is 3.16. The summed E-state index contributed by atoms with van der Waals surface area (Å²) in [6.45, 7) is 3.85. The summed E-state index contributed by atoms with van der Waals surface area (Å²) in [5.41, 5.74) is 0.274. The van der Waals surface area contributed by atoms with Gasteiger partial charge in [0.1, 0.15) is 5.82 Å². The molecule has 0 amide bonds. The zero-order valence-corrected chi connectivity index (χ0v) is 13.6. The SMILES string of the molecule is CCOc1cc(/C=N\n2c(C)n[nH]c2=S)cc([N+](=O)[O-])c1OC. The minimum absolute atomic E-state index is 0.0742. The summed E-state index contributed by atoms with van der Waals surface area (Å²) >= 11 is 5.04. The first-order valence-corrected chi connectivity index (χ1v) is 7.06. The molecule has 2 aromatic rings. The molecule has 9 nitrogen and oxygen atoms in total. The van der Waals surface area contributed by atoms with E-state index in [1.165, 1.54) is 24.1 Å². The summed E-state index contributed by atoms with van der Waals surface area (Å²) in [7, 11) is 1.35. The maximum Gasteiger partial charge on any atom is 0.315 e. The number of nitro benzene ring substituents is 1. The van der Waals surface area contributed by atoms with Crippen molar-refractivity contribution in [3.63, 3.8) is 0 Å². The summed E-state index contributed by atoms with van der Waals surface area (Å²) in [4.78, 5) is 10.7. The first-order valence-electron chi connectivity index (χ1n) is 6.65. The van der Waals surface area contributed by atoms with Gasteiger partial charge in [-0.25, -0.2) is 0 Å². The zero-order chi connectivity index (χ0) is 17.0. The van der Waals surface area contributed by atoms with Crippen molar-refractivity contribution >= 4 is 24.1 Å². The van der Waals surface area contributed by atoms with Crippen LogP contribution in [0.1, 0.15) is 18.3 Å². The fourth-order valence-corrected chi connectivity index (χ4v) is 2.14. The number of nitrogens with zero attached hydrogens (tertiary/aromatic N) is 4. The Morgan fingerprint density at radius 1 is 1.57 bits per heavy atom. The molecule has 0 aliphatic carbocycles. The molecular formula is C13H15N5O4S. The van der Waals surface area contributed by atoms with Crippen molar-refractivity contribution in [1.82, 2.24) is 14.9 Å². The van der Waals surface area contributed by atoms with Gasteiger partial charge in [-0.2, -0.15) is 14.9 Å². The largest absolute Gasteiger partial charge is 0.490 e. The van der Waals surface area contributed by atoms with Crippen LogP contribution in [0.2, 0.25) is 0 Å². The molecule has 0 atom stereocenters. The predicted octanol–water partition coefficient (Wildman–Crippen LogP) is 2.45. The monoisotopic (exact) mass is 337 g/mol. The first kappa shape index (κ1) is 16.6. The fraction of sp³-hybridized carbons (Fsp3) is 0.308. The van der Waals surface area contributed by atoms with Crippen LogP contribution >= 0.6 is 12.2 Å². The van der Waals surface area contributed by atoms with Crippen LogP contribution in [0.5, 0.6) is 11.5 Å². The molecule has 0 saturated carbocycles. The van der Waals surface area contributed by atoms with Crippen LogP contribution in [-0.4, -0.2) is 39.7 Å². The van der Waals surface area contributed by atoms with Gasteiger partial charge in [-0.15, -0.1) is 0 Å². The number of aromatic nitrogens is 3. The number of rotatable bonds is 6. The second-order valence-corrected chi connectivity index (χ2v) is 4.78. The molecule has 0 radical (unpaired) electrons. The molecule has 1 aromatic heterocycles. The van der Waals surface area contributed by atoms with Crippen LogP contribution < -0.4 is 9.47 Å². The van der Waals surface area contributed by atoms with Crippen molar-refractivity contribution in [1.29, 1.82) is 0 Å². The Hall–Kier alpha value is -2.75. The van der Waals surface area contributed by atoms with E-state index in [2.05, 4.69) is 15.3 Å². The number of hydrogen-bond acceptors (Lipinski definition) is 7. The van der Waals surface area contributed by atoms with Crippen LogP contribution in [0.25, 0.3) is 0 Å². The predicted molar refractivity (Wildman–Crippen MR) is 86.0 cm³/mol. The van der Waals surface area contributed by atoms with Crippen LogP contribution in [0.4, 0.5) is 5.69 Å². The molecule has 2 rings (SSSR count). The number of hydrogen-bond donors (Lipinski definition) is 1. The van der Waals surface area contributed by atoms with Crippen molar-refractivity contribution in [3.05, 3.63) is 38.4 Å². The van der Waals surface area contributed by atoms with Gasteiger partial charge in [0.25, 0.3) is 0 Å². The van der Waals surface area contributed by atoms with E-state index in [0.717, 1.165) is 0 Å². The number of nitro groups is 1. The maximum absolute atomic E-state index is 11.2. The number of benzene rings is 1. The molecule has 0 saturated heterocycles. The molecule has 1 heterocycles. The van der Waals surface area contributed by atoms with Gasteiger partial charge in [-0.1, -0.05) is 0 Å². The highest BCUT2D eigenvalue weighted by Crippen LogP contribution is 2.37. The van der Waals surface area contributed by atoms with Gasteiger partial charge < -0.3 is 9.47 Å². The van der Waals surface area contributed by atoms with Gasteiger partial charge >= 0.3 is 5.69 Å². The Balaban J connectivity index is 2.50. The topological polar surface area (TPSA) is 108 Å². The second-order valence-electron chi connectivity index (χ2n) is 4.39. The number of ether oxygens (including phenoxy) is 2. The van der Waals surface area contributed by atoms with Crippen LogP contribution in [0.3, 0.4) is 0 Å². The van der Waals surface area contributed by atoms with E-state index >= 15 is 0 Å². The quantitative estimate of drug-likeness (QED) is 0.375. The molecule has 23 heavy (non-hydrogen) atoms. The number of aromatic amines is 1. The lowest BCUT2D eigenvalue weighted by molar-refractivity contribution is -0.385. The molecule has 0 fully saturated rings. The summed E-state index contributed by atoms with van der Waals surface area (Å²) < 4.78 is 12.2. The van der Waals surface area contributed by atoms with Crippen LogP contribution in [0, 0.1) is 21.8 Å². The van der Waals surface area contributed by atoms with E-state index in [1.807, 2.05) is 0 Å². The molecule has 0 unspecified atom stereocenters. The van der Waals surface area contributed by atoms with Crippen molar-refractivity contribution in [2.75, 3.05) is 13.7 Å². The summed E-state index contributed by atoms with van der Waals surface area (Å²) in [6.07, 6.45) is 1.44. The van der Waals surface area contributed by atoms with Crippen molar-refractivity contribution in [2.24, 2.45) is 5.10 Å². The van der Waals surface area contributed by atoms with Crippen LogP contribution in [0.15, 0.2) is 17.2 Å². The summed E-state index contributed by atoms with van der Waals surface area (Å²) in [5, 5.41) is 21.9. The Bertz CT molecular complexity index is 811. The van der Waals surface area contributed by atoms with Gasteiger partial charge in [-0.05, 0) is 32.1 Å². The molecular weight excluding hydrogens is 322 g/mol. The van der Waals surface area contributed by atoms with Crippen LogP contribution in [-0.2, 0) is 0 Å². The van der Waals surface area contributed by atoms with Gasteiger partial charge in [0.2, 0.25) is 10.5 Å². The first-order chi connectivity index (χ1) is 11.0. The van der Waals surface area contributed by atoms with E-state index < -0.39 is 4.92 Å². The maximum atomic E-state index is 11.2. The smallest absolute Gasteiger partial charge is 0.315 e.